The van der Waals surface area contributed by atoms with Crippen LogP contribution < -0.4 is 15.8 Å². The maximum Gasteiger partial charge on any atom is 0.238 e. The molecule has 0 aromatic carbocycles. The smallest absolute Gasteiger partial charge is 0.238 e. The summed E-state index contributed by atoms with van der Waals surface area (Å²) in [7, 11) is 1.58. The molecule has 5 heteroatoms. The summed E-state index contributed by atoms with van der Waals surface area (Å²) in [6.45, 7) is 9.97. The Balaban J connectivity index is 2.40. The van der Waals surface area contributed by atoms with Crippen molar-refractivity contribution in [3.8, 4) is 5.88 Å². The fourth-order valence-electron chi connectivity index (χ4n) is 2.18. The van der Waals surface area contributed by atoms with Gasteiger partial charge in [0.2, 0.25) is 5.88 Å². The topological polar surface area (TPSA) is 63.4 Å². The van der Waals surface area contributed by atoms with Crippen molar-refractivity contribution >= 4 is 11.5 Å². The molecule has 0 radical (unpaired) electrons. The highest BCUT2D eigenvalue weighted by Gasteiger charge is 2.07. The van der Waals surface area contributed by atoms with Crippen LogP contribution in [0.2, 0.25) is 0 Å². The van der Waals surface area contributed by atoms with Crippen molar-refractivity contribution in [3.63, 3.8) is 0 Å². The van der Waals surface area contributed by atoms with Gasteiger partial charge in [-0.25, -0.2) is 0 Å². The number of hydrogen-bond donors (Lipinski definition) is 2. The number of aromatic nitrogens is 1. The Labute approximate surface area is 122 Å². The van der Waals surface area contributed by atoms with Gasteiger partial charge in [0, 0.05) is 6.04 Å². The van der Waals surface area contributed by atoms with E-state index in [9.17, 15) is 0 Å². The predicted molar refractivity (Wildman–Crippen MR) is 85.3 cm³/mol. The SMILES string of the molecule is CCN(CC)CCCC(C)Nc1ccc(N)c(OC)n1. The predicted octanol–water partition coefficient (Wildman–Crippen LogP) is 2.59. The maximum absolute atomic E-state index is 5.75. The monoisotopic (exact) mass is 280 g/mol. The highest BCUT2D eigenvalue weighted by Crippen LogP contribution is 2.20. The fourth-order valence-corrected chi connectivity index (χ4v) is 2.18. The molecule has 1 unspecified atom stereocenters. The molecule has 114 valence electrons. The number of methoxy groups -OCH3 is 1. The van der Waals surface area contributed by atoms with Crippen LogP contribution in [0.15, 0.2) is 12.1 Å². The molecule has 0 fully saturated rings. The van der Waals surface area contributed by atoms with Gasteiger partial charge in [0.15, 0.2) is 0 Å². The quantitative estimate of drug-likeness (QED) is 0.728. The molecule has 0 amide bonds. The van der Waals surface area contributed by atoms with Crippen LogP contribution in [0.1, 0.15) is 33.6 Å². The van der Waals surface area contributed by atoms with Gasteiger partial charge in [-0.15, -0.1) is 0 Å². The van der Waals surface area contributed by atoms with E-state index in [1.54, 1.807) is 7.11 Å². The number of pyridine rings is 1. The number of anilines is 2. The Morgan fingerprint density at radius 1 is 1.35 bits per heavy atom. The normalized spacial score (nSPS) is 12.4. The fraction of sp³-hybridized carbons (Fsp3) is 0.667. The second-order valence-corrected chi connectivity index (χ2v) is 5.01. The molecule has 0 saturated carbocycles. The summed E-state index contributed by atoms with van der Waals surface area (Å²) in [4.78, 5) is 6.78. The minimum atomic E-state index is 0.381. The van der Waals surface area contributed by atoms with Crippen LogP contribution in [0, 0.1) is 0 Å². The molecule has 5 nitrogen and oxygen atoms in total. The summed E-state index contributed by atoms with van der Waals surface area (Å²) in [5, 5.41) is 3.39. The van der Waals surface area contributed by atoms with E-state index in [4.69, 9.17) is 10.5 Å². The number of nitrogens with one attached hydrogen (secondary N) is 1. The number of nitrogens with zero attached hydrogens (tertiary/aromatic N) is 2. The zero-order chi connectivity index (χ0) is 15.0. The molecule has 1 rings (SSSR count). The minimum absolute atomic E-state index is 0.381. The Morgan fingerprint density at radius 3 is 2.65 bits per heavy atom. The summed E-state index contributed by atoms with van der Waals surface area (Å²) >= 11 is 0. The van der Waals surface area contributed by atoms with Crippen molar-refractivity contribution in [1.82, 2.24) is 9.88 Å². The third-order valence-electron chi connectivity index (χ3n) is 3.48. The van der Waals surface area contributed by atoms with Crippen LogP contribution in [0.25, 0.3) is 0 Å². The molecule has 1 aromatic heterocycles. The van der Waals surface area contributed by atoms with Crippen LogP contribution >= 0.6 is 0 Å². The molecule has 1 aromatic rings. The van der Waals surface area contributed by atoms with E-state index in [-0.39, 0.29) is 0 Å². The molecule has 1 atom stereocenters. The van der Waals surface area contributed by atoms with E-state index in [0.29, 0.717) is 17.6 Å². The van der Waals surface area contributed by atoms with Crippen molar-refractivity contribution in [2.45, 2.75) is 39.7 Å². The van der Waals surface area contributed by atoms with Gasteiger partial charge in [-0.2, -0.15) is 4.98 Å². The molecule has 0 aliphatic heterocycles. The first-order valence-electron chi connectivity index (χ1n) is 7.40. The van der Waals surface area contributed by atoms with Crippen LogP contribution in [-0.4, -0.2) is 42.7 Å². The average molecular weight is 280 g/mol. The summed E-state index contributed by atoms with van der Waals surface area (Å²) in [5.74, 6) is 1.29. The largest absolute Gasteiger partial charge is 0.479 e. The number of nitrogen functional groups attached to an aromatic ring is 1. The van der Waals surface area contributed by atoms with Gasteiger partial charge >= 0.3 is 0 Å². The van der Waals surface area contributed by atoms with E-state index in [1.165, 1.54) is 6.42 Å². The van der Waals surface area contributed by atoms with Gasteiger partial charge in [-0.1, -0.05) is 13.8 Å². The molecule has 0 aliphatic rings. The lowest BCUT2D eigenvalue weighted by molar-refractivity contribution is 0.295. The van der Waals surface area contributed by atoms with Crippen LogP contribution in [0.5, 0.6) is 5.88 Å². The van der Waals surface area contributed by atoms with Crippen LogP contribution in [0.4, 0.5) is 11.5 Å². The third-order valence-corrected chi connectivity index (χ3v) is 3.48. The van der Waals surface area contributed by atoms with Gasteiger partial charge in [0.1, 0.15) is 5.82 Å². The van der Waals surface area contributed by atoms with E-state index < -0.39 is 0 Å². The Hall–Kier alpha value is -1.49. The number of hydrogen-bond acceptors (Lipinski definition) is 5. The maximum atomic E-state index is 5.75. The standard InChI is InChI=1S/C15H28N4O/c1-5-19(6-2)11-7-8-12(3)17-14-10-9-13(16)15(18-14)20-4/h9-10,12H,5-8,11,16H2,1-4H3,(H,17,18). The average Bonchev–Trinajstić information content (AvgIpc) is 2.45. The lowest BCUT2D eigenvalue weighted by Gasteiger charge is -2.20. The molecule has 1 heterocycles. The Kier molecular flexibility index (Phi) is 7.15. The summed E-state index contributed by atoms with van der Waals surface area (Å²) < 4.78 is 5.13. The van der Waals surface area contributed by atoms with Gasteiger partial charge in [0.25, 0.3) is 0 Å². The Morgan fingerprint density at radius 2 is 2.05 bits per heavy atom. The minimum Gasteiger partial charge on any atom is -0.479 e. The number of rotatable bonds is 9. The lowest BCUT2D eigenvalue weighted by atomic mass is 10.1. The lowest BCUT2D eigenvalue weighted by Crippen LogP contribution is -2.25. The third kappa shape index (κ3) is 5.25. The molecule has 20 heavy (non-hydrogen) atoms. The van der Waals surface area contributed by atoms with Crippen molar-refractivity contribution in [3.05, 3.63) is 12.1 Å². The van der Waals surface area contributed by atoms with E-state index in [1.807, 2.05) is 12.1 Å². The second kappa shape index (κ2) is 8.64. The Bertz CT molecular complexity index is 393. The first-order valence-corrected chi connectivity index (χ1v) is 7.40. The van der Waals surface area contributed by atoms with Gasteiger partial charge in [0.05, 0.1) is 12.8 Å². The van der Waals surface area contributed by atoms with Crippen LogP contribution in [-0.2, 0) is 0 Å². The zero-order valence-electron chi connectivity index (χ0n) is 13.1. The van der Waals surface area contributed by atoms with Crippen molar-refractivity contribution < 1.29 is 4.74 Å². The molecule has 3 N–H and O–H groups in total. The van der Waals surface area contributed by atoms with Gasteiger partial charge in [-0.3, -0.25) is 0 Å². The summed E-state index contributed by atoms with van der Waals surface area (Å²) in [5.41, 5.74) is 6.32. The molecule has 0 saturated heterocycles. The van der Waals surface area contributed by atoms with Crippen molar-refractivity contribution in [1.29, 1.82) is 0 Å². The highest BCUT2D eigenvalue weighted by atomic mass is 16.5. The van der Waals surface area contributed by atoms with E-state index >= 15 is 0 Å². The zero-order valence-corrected chi connectivity index (χ0v) is 13.1. The van der Waals surface area contributed by atoms with E-state index in [2.05, 4.69) is 36.0 Å². The van der Waals surface area contributed by atoms with Gasteiger partial charge in [-0.05, 0) is 51.5 Å². The van der Waals surface area contributed by atoms with Crippen molar-refractivity contribution in [2.75, 3.05) is 37.8 Å². The molecular formula is C15H28N4O. The molecule has 0 aliphatic carbocycles. The number of nitrogens with two attached hydrogens (primary N) is 1. The summed E-state index contributed by atoms with van der Waals surface area (Å²) in [6, 6.07) is 4.08. The van der Waals surface area contributed by atoms with E-state index in [0.717, 1.165) is 31.9 Å². The van der Waals surface area contributed by atoms with Crippen LogP contribution in [0.3, 0.4) is 0 Å². The first-order chi connectivity index (χ1) is 9.60. The number of ether oxygens (including phenoxy) is 1. The first kappa shape index (κ1) is 16.6. The molecule has 0 spiro atoms. The highest BCUT2D eigenvalue weighted by molar-refractivity contribution is 5.53. The van der Waals surface area contributed by atoms with Crippen molar-refractivity contribution in [2.24, 2.45) is 0 Å². The molecular weight excluding hydrogens is 252 g/mol. The second-order valence-electron chi connectivity index (χ2n) is 5.01. The summed E-state index contributed by atoms with van der Waals surface area (Å²) in [6.07, 6.45) is 2.30. The molecule has 0 bridgehead atoms. The van der Waals surface area contributed by atoms with Gasteiger partial charge < -0.3 is 20.7 Å².